The predicted molar refractivity (Wildman–Crippen MR) is 69.1 cm³/mol. The number of ether oxygens (including phenoxy) is 1. The van der Waals surface area contributed by atoms with E-state index in [4.69, 9.17) is 10.2 Å². The molecule has 0 bridgehead atoms. The second-order valence-electron chi connectivity index (χ2n) is 4.58. The molecule has 0 aliphatic carbocycles. The fourth-order valence-electron chi connectivity index (χ4n) is 1.36. The summed E-state index contributed by atoms with van der Waals surface area (Å²) in [5.41, 5.74) is -4.59. The highest BCUT2D eigenvalue weighted by atomic mass is 19.4. The summed E-state index contributed by atoms with van der Waals surface area (Å²) in [4.78, 5) is 22.8. The molecule has 0 aliphatic rings. The van der Waals surface area contributed by atoms with Crippen molar-refractivity contribution in [2.24, 2.45) is 0 Å². The number of aliphatic hydroxyl groups excluding tert-OH is 1. The van der Waals surface area contributed by atoms with Crippen LogP contribution in [0.1, 0.15) is 17.3 Å². The van der Waals surface area contributed by atoms with Crippen LogP contribution in [0, 0.1) is 5.82 Å². The van der Waals surface area contributed by atoms with Gasteiger partial charge in [0.25, 0.3) is 5.91 Å². The molecule has 1 amide bonds. The number of aliphatic hydroxyl groups is 2. The fraction of sp³-hybridized carbons (Fsp3) is 0.385. The van der Waals surface area contributed by atoms with E-state index in [9.17, 15) is 27.2 Å². The first kappa shape index (κ1) is 18.8. The first-order chi connectivity index (χ1) is 10.5. The van der Waals surface area contributed by atoms with Crippen LogP contribution in [0.25, 0.3) is 0 Å². The van der Waals surface area contributed by atoms with Crippen molar-refractivity contribution in [3.63, 3.8) is 0 Å². The molecule has 128 valence electrons. The van der Waals surface area contributed by atoms with E-state index < -0.39 is 47.3 Å². The van der Waals surface area contributed by atoms with Crippen molar-refractivity contribution < 1.29 is 42.1 Å². The Morgan fingerprint density at radius 1 is 1.30 bits per heavy atom. The topological polar surface area (TPSA) is 95.9 Å². The number of alkyl halides is 3. The average Bonchev–Trinajstić information content (AvgIpc) is 2.43. The van der Waals surface area contributed by atoms with Gasteiger partial charge < -0.3 is 20.3 Å². The number of anilines is 1. The molecule has 0 fully saturated rings. The van der Waals surface area contributed by atoms with Crippen molar-refractivity contribution in [2.45, 2.75) is 18.7 Å². The lowest BCUT2D eigenvalue weighted by Gasteiger charge is -2.24. The third-order valence-electron chi connectivity index (χ3n) is 2.77. The first-order valence-corrected chi connectivity index (χ1v) is 6.18. The number of nitrogens with one attached hydrogen (secondary N) is 1. The lowest BCUT2D eigenvalue weighted by molar-refractivity contribution is -0.242. The Morgan fingerprint density at radius 3 is 2.39 bits per heavy atom. The van der Waals surface area contributed by atoms with E-state index in [2.05, 4.69) is 4.74 Å². The van der Waals surface area contributed by atoms with Gasteiger partial charge in [0.15, 0.2) is 0 Å². The normalized spacial score (nSPS) is 14.0. The van der Waals surface area contributed by atoms with Gasteiger partial charge in [-0.2, -0.15) is 13.2 Å². The number of rotatable bonds is 5. The van der Waals surface area contributed by atoms with Crippen LogP contribution in [-0.4, -0.2) is 47.1 Å². The van der Waals surface area contributed by atoms with E-state index in [0.717, 1.165) is 12.1 Å². The summed E-state index contributed by atoms with van der Waals surface area (Å²) in [5.74, 6) is -4.05. The molecule has 0 aliphatic heterocycles. The maximum absolute atomic E-state index is 13.7. The molecular weight excluding hydrogens is 326 g/mol. The van der Waals surface area contributed by atoms with Crippen molar-refractivity contribution in [1.29, 1.82) is 0 Å². The monoisotopic (exact) mass is 339 g/mol. The number of carbonyl (C=O) groups excluding carboxylic acids is 2. The van der Waals surface area contributed by atoms with Gasteiger partial charge in [-0.3, -0.25) is 4.79 Å². The molecule has 0 saturated heterocycles. The first-order valence-electron chi connectivity index (χ1n) is 6.18. The van der Waals surface area contributed by atoms with Crippen LogP contribution in [-0.2, 0) is 9.53 Å². The van der Waals surface area contributed by atoms with E-state index in [-0.39, 0.29) is 13.5 Å². The Bertz CT molecular complexity index is 601. The summed E-state index contributed by atoms with van der Waals surface area (Å²) >= 11 is 0. The molecule has 0 saturated carbocycles. The summed E-state index contributed by atoms with van der Waals surface area (Å²) in [5, 5.41) is 19.3. The largest absolute Gasteiger partial charge is 0.460 e. The van der Waals surface area contributed by atoms with E-state index in [1.165, 1.54) is 0 Å². The zero-order chi connectivity index (χ0) is 17.8. The standard InChI is InChI=1S/C13H13F4NO5/c1-12(22,13(15,16)17)11(21)18-7-2-3-8(9(14)6-7)10(20)23-5-4-19/h2-3,6,19,22H,4-5H2,1H3,(H,18,21). The van der Waals surface area contributed by atoms with Gasteiger partial charge in [-0.25, -0.2) is 9.18 Å². The van der Waals surface area contributed by atoms with Gasteiger partial charge in [-0.15, -0.1) is 0 Å². The van der Waals surface area contributed by atoms with Crippen LogP contribution in [0.2, 0.25) is 0 Å². The molecule has 1 aromatic rings. The van der Waals surface area contributed by atoms with Crippen molar-refractivity contribution >= 4 is 17.6 Å². The maximum Gasteiger partial charge on any atom is 0.426 e. The summed E-state index contributed by atoms with van der Waals surface area (Å²) < 4.78 is 55.6. The molecule has 1 aromatic carbocycles. The third kappa shape index (κ3) is 4.39. The molecular formula is C13H13F4NO5. The van der Waals surface area contributed by atoms with Crippen molar-refractivity contribution in [1.82, 2.24) is 0 Å². The Hall–Kier alpha value is -2.20. The molecule has 6 nitrogen and oxygen atoms in total. The number of hydrogen-bond donors (Lipinski definition) is 3. The van der Waals surface area contributed by atoms with E-state index in [1.807, 2.05) is 0 Å². The minimum Gasteiger partial charge on any atom is -0.460 e. The smallest absolute Gasteiger partial charge is 0.426 e. The molecule has 3 N–H and O–H groups in total. The second-order valence-corrected chi connectivity index (χ2v) is 4.58. The lowest BCUT2D eigenvalue weighted by atomic mass is 10.1. The van der Waals surface area contributed by atoms with Crippen LogP contribution in [0.4, 0.5) is 23.2 Å². The third-order valence-corrected chi connectivity index (χ3v) is 2.77. The SMILES string of the molecule is CC(O)(C(=O)Nc1ccc(C(=O)OCCO)c(F)c1)C(F)(F)F. The van der Waals surface area contributed by atoms with E-state index in [1.54, 1.807) is 5.32 Å². The maximum atomic E-state index is 13.7. The van der Waals surface area contributed by atoms with Gasteiger partial charge in [-0.05, 0) is 25.1 Å². The Labute approximate surface area is 127 Å². The van der Waals surface area contributed by atoms with Gasteiger partial charge in [0.2, 0.25) is 5.60 Å². The minimum absolute atomic E-state index is 0.249. The highest BCUT2D eigenvalue weighted by molar-refractivity contribution is 5.98. The molecule has 0 aromatic heterocycles. The molecule has 1 unspecified atom stereocenters. The van der Waals surface area contributed by atoms with E-state index >= 15 is 0 Å². The van der Waals surface area contributed by atoms with Crippen LogP contribution in [0.15, 0.2) is 18.2 Å². The summed E-state index contributed by atoms with van der Waals surface area (Å²) in [7, 11) is 0. The second kappa shape index (κ2) is 6.92. The van der Waals surface area contributed by atoms with Crippen molar-refractivity contribution in [3.05, 3.63) is 29.6 Å². The van der Waals surface area contributed by atoms with Crippen molar-refractivity contribution in [2.75, 3.05) is 18.5 Å². The van der Waals surface area contributed by atoms with Crippen LogP contribution in [0.3, 0.4) is 0 Å². The summed E-state index contributed by atoms with van der Waals surface area (Å²) in [6, 6.07) is 2.44. The van der Waals surface area contributed by atoms with Gasteiger partial charge in [0.1, 0.15) is 12.4 Å². The predicted octanol–water partition coefficient (Wildman–Crippen LogP) is 1.23. The Balaban J connectivity index is 2.91. The number of amides is 1. The van der Waals surface area contributed by atoms with Gasteiger partial charge >= 0.3 is 12.1 Å². The minimum atomic E-state index is -5.22. The Morgan fingerprint density at radius 2 is 1.91 bits per heavy atom. The van der Waals surface area contributed by atoms with Gasteiger partial charge in [-0.1, -0.05) is 0 Å². The quantitative estimate of drug-likeness (QED) is 0.554. The lowest BCUT2D eigenvalue weighted by Crippen LogP contribution is -2.52. The number of carbonyl (C=O) groups is 2. The number of benzene rings is 1. The van der Waals surface area contributed by atoms with Crippen LogP contribution in [0.5, 0.6) is 0 Å². The summed E-state index contributed by atoms with van der Waals surface area (Å²) in [6.45, 7) is -0.571. The fourth-order valence-corrected chi connectivity index (χ4v) is 1.36. The average molecular weight is 339 g/mol. The van der Waals surface area contributed by atoms with Crippen molar-refractivity contribution in [3.8, 4) is 0 Å². The molecule has 23 heavy (non-hydrogen) atoms. The number of hydrogen-bond acceptors (Lipinski definition) is 5. The van der Waals surface area contributed by atoms with Gasteiger partial charge in [0.05, 0.1) is 12.2 Å². The molecule has 0 spiro atoms. The zero-order valence-electron chi connectivity index (χ0n) is 11.8. The zero-order valence-corrected chi connectivity index (χ0v) is 11.8. The molecule has 0 radical (unpaired) electrons. The highest BCUT2D eigenvalue weighted by Gasteiger charge is 2.55. The number of esters is 1. The molecule has 1 rings (SSSR count). The highest BCUT2D eigenvalue weighted by Crippen LogP contribution is 2.31. The van der Waals surface area contributed by atoms with Crippen LogP contribution < -0.4 is 5.32 Å². The number of halogens is 4. The molecule has 10 heteroatoms. The van der Waals surface area contributed by atoms with E-state index in [0.29, 0.717) is 6.07 Å². The van der Waals surface area contributed by atoms with Gasteiger partial charge in [0, 0.05) is 5.69 Å². The van der Waals surface area contributed by atoms with Crippen LogP contribution >= 0.6 is 0 Å². The molecule has 0 heterocycles. The summed E-state index contributed by atoms with van der Waals surface area (Å²) in [6.07, 6.45) is -5.22. The molecule has 1 atom stereocenters. The Kier molecular flexibility index (Phi) is 5.67.